The molecule has 0 aliphatic heterocycles. The van der Waals surface area contributed by atoms with Crippen LogP contribution < -0.4 is 4.90 Å². The maximum absolute atomic E-state index is 6.88. The average Bonchev–Trinajstić information content (AvgIpc) is 3.76. The van der Waals surface area contributed by atoms with E-state index in [2.05, 4.69) is 169 Å². The van der Waals surface area contributed by atoms with Crippen LogP contribution in [0.3, 0.4) is 0 Å². The molecule has 0 aliphatic carbocycles. The Hall–Kier alpha value is -6.58. The van der Waals surface area contributed by atoms with Crippen LogP contribution in [0.2, 0.25) is 0 Å². The monoisotopic (exact) mass is 627 g/mol. The third-order valence-corrected chi connectivity index (χ3v) is 9.68. The Bertz CT molecular complexity index is 2830. The summed E-state index contributed by atoms with van der Waals surface area (Å²) in [7, 11) is 0. The zero-order valence-corrected chi connectivity index (χ0v) is 26.5. The first-order valence-electron chi connectivity index (χ1n) is 16.6. The van der Waals surface area contributed by atoms with Gasteiger partial charge in [-0.15, -0.1) is 0 Å². The first-order chi connectivity index (χ1) is 24.3. The summed E-state index contributed by atoms with van der Waals surface area (Å²) in [5, 5.41) is 6.62. The standard InChI is InChI=1S/C46H29NO2/c1-2-12-30(13-3-1)34-15-6-7-16-35(34)32-24-27-33(28-25-32)47(41-21-10-19-38-37-18-8-9-23-43(37)48-45(38)41)42-22-11-20-39-40-29-26-31-14-4-5-17-36(31)44(40)49-46(39)42/h1-29H. The summed E-state index contributed by atoms with van der Waals surface area (Å²) >= 11 is 0. The Kier molecular flexibility index (Phi) is 6.18. The highest BCUT2D eigenvalue weighted by Crippen LogP contribution is 2.47. The maximum atomic E-state index is 6.88. The second kappa shape index (κ2) is 11.0. The van der Waals surface area contributed by atoms with Gasteiger partial charge in [-0.25, -0.2) is 0 Å². The van der Waals surface area contributed by atoms with E-state index < -0.39 is 0 Å². The van der Waals surface area contributed by atoms with Crippen molar-refractivity contribution in [2.75, 3.05) is 4.90 Å². The minimum Gasteiger partial charge on any atom is -0.454 e. The molecule has 0 saturated carbocycles. The smallest absolute Gasteiger partial charge is 0.159 e. The molecule has 0 atom stereocenters. The number of rotatable bonds is 5. The average molecular weight is 628 g/mol. The van der Waals surface area contributed by atoms with Crippen LogP contribution in [0.15, 0.2) is 185 Å². The second-order valence-corrected chi connectivity index (χ2v) is 12.5. The van der Waals surface area contributed by atoms with Gasteiger partial charge < -0.3 is 13.7 Å². The van der Waals surface area contributed by atoms with Gasteiger partial charge in [0, 0.05) is 32.6 Å². The molecule has 10 rings (SSSR count). The van der Waals surface area contributed by atoms with Gasteiger partial charge in [0.25, 0.3) is 0 Å². The van der Waals surface area contributed by atoms with Crippen molar-refractivity contribution in [2.45, 2.75) is 0 Å². The topological polar surface area (TPSA) is 29.5 Å². The molecule has 0 N–H and O–H groups in total. The molecule has 0 saturated heterocycles. The van der Waals surface area contributed by atoms with Crippen molar-refractivity contribution in [3.63, 3.8) is 0 Å². The van der Waals surface area contributed by atoms with Crippen LogP contribution in [0, 0.1) is 0 Å². The summed E-state index contributed by atoms with van der Waals surface area (Å²) in [4.78, 5) is 2.28. The molecule has 8 aromatic carbocycles. The lowest BCUT2D eigenvalue weighted by Gasteiger charge is -2.26. The van der Waals surface area contributed by atoms with Crippen LogP contribution in [-0.2, 0) is 0 Å². The van der Waals surface area contributed by atoms with Crippen LogP contribution in [0.4, 0.5) is 17.1 Å². The molecule has 2 heterocycles. The predicted molar refractivity (Wildman–Crippen MR) is 204 cm³/mol. The molecule has 0 amide bonds. The first kappa shape index (κ1) is 27.5. The number of hydrogen-bond donors (Lipinski definition) is 0. The summed E-state index contributed by atoms with van der Waals surface area (Å²) in [6, 6.07) is 61.8. The molecule has 10 aromatic rings. The summed E-state index contributed by atoms with van der Waals surface area (Å²) in [5.74, 6) is 0. The van der Waals surface area contributed by atoms with Gasteiger partial charge in [-0.2, -0.15) is 0 Å². The quantitative estimate of drug-likeness (QED) is 0.190. The van der Waals surface area contributed by atoms with Gasteiger partial charge in [0.15, 0.2) is 11.2 Å². The normalized spacial score (nSPS) is 11.7. The van der Waals surface area contributed by atoms with Crippen molar-refractivity contribution in [2.24, 2.45) is 0 Å². The number of fused-ring (bicyclic) bond motifs is 8. The van der Waals surface area contributed by atoms with E-state index in [1.165, 1.54) is 16.7 Å². The summed E-state index contributed by atoms with van der Waals surface area (Å²) in [6.45, 7) is 0. The Labute approximate surface area is 282 Å². The minimum atomic E-state index is 0.834. The van der Waals surface area contributed by atoms with Crippen molar-refractivity contribution >= 4 is 71.7 Å². The molecule has 0 bridgehead atoms. The van der Waals surface area contributed by atoms with Gasteiger partial charge in [-0.05, 0) is 64.0 Å². The fourth-order valence-corrected chi connectivity index (χ4v) is 7.40. The number of furan rings is 2. The fraction of sp³-hybridized carbons (Fsp3) is 0. The van der Waals surface area contributed by atoms with E-state index in [0.717, 1.165) is 77.3 Å². The zero-order valence-electron chi connectivity index (χ0n) is 26.5. The van der Waals surface area contributed by atoms with Gasteiger partial charge >= 0.3 is 0 Å². The van der Waals surface area contributed by atoms with Crippen LogP contribution in [0.25, 0.3) is 76.9 Å². The lowest BCUT2D eigenvalue weighted by Crippen LogP contribution is -2.10. The maximum Gasteiger partial charge on any atom is 0.159 e. The number of anilines is 3. The van der Waals surface area contributed by atoms with E-state index in [1.807, 2.05) is 12.1 Å². The van der Waals surface area contributed by atoms with Gasteiger partial charge in [0.2, 0.25) is 0 Å². The fourth-order valence-electron chi connectivity index (χ4n) is 7.40. The zero-order chi connectivity index (χ0) is 32.3. The Balaban J connectivity index is 1.21. The van der Waals surface area contributed by atoms with Crippen molar-refractivity contribution in [3.8, 4) is 22.3 Å². The Morgan fingerprint density at radius 3 is 1.63 bits per heavy atom. The highest BCUT2D eigenvalue weighted by atomic mass is 16.3. The first-order valence-corrected chi connectivity index (χ1v) is 16.6. The molecule has 3 heteroatoms. The lowest BCUT2D eigenvalue weighted by atomic mass is 9.94. The van der Waals surface area contributed by atoms with E-state index in [4.69, 9.17) is 8.83 Å². The Morgan fingerprint density at radius 2 is 0.878 bits per heavy atom. The predicted octanol–water partition coefficient (Wildman–Crippen LogP) is 13.4. The molecule has 0 unspecified atom stereocenters. The molecule has 2 aromatic heterocycles. The SMILES string of the molecule is c1ccc(-c2ccccc2-c2ccc(N(c3cccc4c3oc3ccccc34)c3cccc4c3oc3c5ccccc5ccc43)cc2)cc1. The molecular weight excluding hydrogens is 599 g/mol. The van der Waals surface area contributed by atoms with Gasteiger partial charge in [0.05, 0.1) is 11.4 Å². The highest BCUT2D eigenvalue weighted by Gasteiger charge is 2.23. The number of para-hydroxylation sites is 3. The van der Waals surface area contributed by atoms with Crippen LogP contribution in [-0.4, -0.2) is 0 Å². The van der Waals surface area contributed by atoms with Crippen LogP contribution >= 0.6 is 0 Å². The molecule has 0 radical (unpaired) electrons. The lowest BCUT2D eigenvalue weighted by molar-refractivity contribution is 0.667. The molecular formula is C46H29NO2. The summed E-state index contributed by atoms with van der Waals surface area (Å²) < 4.78 is 13.5. The summed E-state index contributed by atoms with van der Waals surface area (Å²) in [6.07, 6.45) is 0. The van der Waals surface area contributed by atoms with Gasteiger partial charge in [0.1, 0.15) is 11.2 Å². The number of benzene rings is 8. The molecule has 0 aliphatic rings. The van der Waals surface area contributed by atoms with E-state index in [1.54, 1.807) is 0 Å². The van der Waals surface area contributed by atoms with Crippen molar-refractivity contribution in [3.05, 3.63) is 176 Å². The largest absolute Gasteiger partial charge is 0.454 e. The Morgan fingerprint density at radius 1 is 0.327 bits per heavy atom. The van der Waals surface area contributed by atoms with E-state index in [9.17, 15) is 0 Å². The van der Waals surface area contributed by atoms with Crippen LogP contribution in [0.5, 0.6) is 0 Å². The van der Waals surface area contributed by atoms with Crippen molar-refractivity contribution in [1.82, 2.24) is 0 Å². The summed E-state index contributed by atoms with van der Waals surface area (Å²) in [5.41, 5.74) is 11.1. The van der Waals surface area contributed by atoms with Crippen molar-refractivity contribution < 1.29 is 8.83 Å². The molecule has 49 heavy (non-hydrogen) atoms. The third kappa shape index (κ3) is 4.37. The molecule has 3 nitrogen and oxygen atoms in total. The number of nitrogens with zero attached hydrogens (tertiary/aromatic N) is 1. The van der Waals surface area contributed by atoms with E-state index in [0.29, 0.717) is 0 Å². The van der Waals surface area contributed by atoms with E-state index >= 15 is 0 Å². The van der Waals surface area contributed by atoms with Crippen molar-refractivity contribution in [1.29, 1.82) is 0 Å². The van der Waals surface area contributed by atoms with Gasteiger partial charge in [-0.3, -0.25) is 0 Å². The molecule has 0 fully saturated rings. The molecule has 230 valence electrons. The van der Waals surface area contributed by atoms with Crippen LogP contribution in [0.1, 0.15) is 0 Å². The minimum absolute atomic E-state index is 0.834. The second-order valence-electron chi connectivity index (χ2n) is 12.5. The number of hydrogen-bond acceptors (Lipinski definition) is 3. The highest BCUT2D eigenvalue weighted by molar-refractivity contribution is 6.18. The van der Waals surface area contributed by atoms with E-state index in [-0.39, 0.29) is 0 Å². The van der Waals surface area contributed by atoms with Gasteiger partial charge in [-0.1, -0.05) is 140 Å². The third-order valence-electron chi connectivity index (χ3n) is 9.68. The molecule has 0 spiro atoms.